The van der Waals surface area contributed by atoms with Gasteiger partial charge in [-0.15, -0.1) is 0 Å². The molecule has 0 radical (unpaired) electrons. The molecule has 26 heavy (non-hydrogen) atoms. The molecular weight excluding hydrogens is 459 g/mol. The first kappa shape index (κ1) is 19.5. The summed E-state index contributed by atoms with van der Waals surface area (Å²) < 4.78 is 28.2. The van der Waals surface area contributed by atoms with Crippen molar-refractivity contribution in [3.8, 4) is 0 Å². The standard InChI is InChI=1S/C20H25IN2O2S/c1-13-11-15(21-4)7-10-18(13)23-12-17-19(20(17,2)3)14-5-8-16(9-6-14)26(22,24)25/h5-11,17,19,23H,4,12H2,1-3H3,(H2,22,24,25). The second-order valence-electron chi connectivity index (χ2n) is 7.49. The van der Waals surface area contributed by atoms with Crippen LogP contribution in [0.2, 0.25) is 0 Å². The van der Waals surface area contributed by atoms with Gasteiger partial charge in [-0.05, 0) is 65.6 Å². The van der Waals surface area contributed by atoms with Crippen LogP contribution >= 0.6 is 20.7 Å². The molecule has 1 aliphatic rings. The molecule has 2 aromatic rings. The van der Waals surface area contributed by atoms with Gasteiger partial charge in [-0.3, -0.25) is 0 Å². The van der Waals surface area contributed by atoms with Crippen LogP contribution in [-0.4, -0.2) is 19.5 Å². The number of sulfonamides is 1. The van der Waals surface area contributed by atoms with Gasteiger partial charge < -0.3 is 5.32 Å². The lowest BCUT2D eigenvalue weighted by atomic mass is 10.0. The number of hydrogen-bond donors (Lipinski definition) is 2. The number of rotatable bonds is 6. The molecule has 0 aromatic heterocycles. The van der Waals surface area contributed by atoms with Crippen LogP contribution < -0.4 is 10.5 Å². The molecule has 0 saturated heterocycles. The number of hydrogen-bond acceptors (Lipinski definition) is 3. The molecule has 3 N–H and O–H groups in total. The van der Waals surface area contributed by atoms with E-state index in [1.807, 2.05) is 12.1 Å². The second kappa shape index (κ2) is 7.05. The van der Waals surface area contributed by atoms with Gasteiger partial charge in [0.15, 0.2) is 0 Å². The minimum absolute atomic E-state index is 0.125. The lowest BCUT2D eigenvalue weighted by Gasteiger charge is -2.11. The molecule has 4 nitrogen and oxygen atoms in total. The maximum atomic E-state index is 11.4. The van der Waals surface area contributed by atoms with Crippen molar-refractivity contribution in [3.05, 3.63) is 57.2 Å². The van der Waals surface area contributed by atoms with Crippen molar-refractivity contribution in [1.82, 2.24) is 0 Å². The van der Waals surface area contributed by atoms with Crippen molar-refractivity contribution in [3.63, 3.8) is 0 Å². The van der Waals surface area contributed by atoms with Gasteiger partial charge in [-0.2, -0.15) is 0 Å². The van der Waals surface area contributed by atoms with Crippen LogP contribution in [0.1, 0.15) is 30.9 Å². The molecule has 0 aliphatic heterocycles. The molecule has 0 bridgehead atoms. The number of nitrogens with two attached hydrogens (primary N) is 1. The third-order valence-corrected chi connectivity index (χ3v) is 7.95. The molecule has 2 unspecified atom stereocenters. The Balaban J connectivity index is 1.71. The van der Waals surface area contributed by atoms with Crippen molar-refractivity contribution >= 4 is 41.0 Å². The number of aryl methyl sites for hydroxylation is 1. The summed E-state index contributed by atoms with van der Waals surface area (Å²) in [4.78, 5) is 0.165. The smallest absolute Gasteiger partial charge is 0.238 e. The van der Waals surface area contributed by atoms with Gasteiger partial charge in [-0.1, -0.05) is 51.2 Å². The predicted octanol–water partition coefficient (Wildman–Crippen LogP) is 4.07. The molecule has 140 valence electrons. The fourth-order valence-corrected chi connectivity index (χ4v) is 5.42. The van der Waals surface area contributed by atoms with Crippen LogP contribution in [0.3, 0.4) is 0 Å². The summed E-state index contributed by atoms with van der Waals surface area (Å²) in [5.41, 5.74) is 3.79. The van der Waals surface area contributed by atoms with Crippen LogP contribution in [0.15, 0.2) is 47.4 Å². The van der Waals surface area contributed by atoms with E-state index in [1.165, 1.54) is 20.4 Å². The lowest BCUT2D eigenvalue weighted by molar-refractivity contribution is 0.565. The maximum Gasteiger partial charge on any atom is 0.238 e. The zero-order chi connectivity index (χ0) is 19.1. The van der Waals surface area contributed by atoms with Gasteiger partial charge >= 0.3 is 0 Å². The van der Waals surface area contributed by atoms with E-state index >= 15 is 0 Å². The number of halogens is 1. The van der Waals surface area contributed by atoms with Crippen LogP contribution in [0.5, 0.6) is 0 Å². The first-order chi connectivity index (χ1) is 12.1. The number of anilines is 1. The largest absolute Gasteiger partial charge is 0.385 e. The van der Waals surface area contributed by atoms with Crippen molar-refractivity contribution in [2.24, 2.45) is 16.5 Å². The molecule has 1 fully saturated rings. The Kier molecular flexibility index (Phi) is 5.29. The molecule has 0 heterocycles. The molecule has 0 amide bonds. The Morgan fingerprint density at radius 3 is 2.38 bits per heavy atom. The second-order valence-corrected chi connectivity index (χ2v) is 11.1. The number of nitrogens with one attached hydrogen (secondary N) is 1. The molecule has 2 atom stereocenters. The number of primary sulfonamides is 1. The molecule has 0 spiro atoms. The first-order valence-corrected chi connectivity index (χ1v) is 12.7. The van der Waals surface area contributed by atoms with E-state index in [4.69, 9.17) is 5.14 Å². The number of benzene rings is 2. The van der Waals surface area contributed by atoms with Crippen molar-refractivity contribution < 1.29 is 8.42 Å². The van der Waals surface area contributed by atoms with E-state index in [2.05, 4.69) is 48.8 Å². The maximum absolute atomic E-state index is 11.4. The van der Waals surface area contributed by atoms with E-state index in [0.717, 1.165) is 6.54 Å². The minimum Gasteiger partial charge on any atom is -0.385 e. The lowest BCUT2D eigenvalue weighted by Crippen LogP contribution is -2.11. The molecule has 1 aliphatic carbocycles. The quantitative estimate of drug-likeness (QED) is 0.608. The molecular formula is C20H25IN2O2S. The normalized spacial score (nSPS) is 21.4. The Bertz CT molecular complexity index is 937. The Morgan fingerprint density at radius 1 is 1.19 bits per heavy atom. The zero-order valence-electron chi connectivity index (χ0n) is 15.3. The van der Waals surface area contributed by atoms with Gasteiger partial charge in [0.1, 0.15) is 0 Å². The minimum atomic E-state index is -3.64. The average Bonchev–Trinajstić information content (AvgIpc) is 3.13. The van der Waals surface area contributed by atoms with Gasteiger partial charge in [0, 0.05) is 15.8 Å². The molecule has 6 heteroatoms. The molecule has 2 aromatic carbocycles. The van der Waals surface area contributed by atoms with Crippen LogP contribution in [0, 0.1) is 21.8 Å². The summed E-state index contributed by atoms with van der Waals surface area (Å²) in [7, 11) is -3.64. The van der Waals surface area contributed by atoms with E-state index < -0.39 is 10.0 Å². The monoisotopic (exact) mass is 484 g/mol. The first-order valence-electron chi connectivity index (χ1n) is 8.50. The third-order valence-electron chi connectivity index (χ3n) is 5.47. The van der Waals surface area contributed by atoms with Gasteiger partial charge in [0.2, 0.25) is 10.0 Å². The van der Waals surface area contributed by atoms with E-state index in [0.29, 0.717) is 11.8 Å². The molecule has 1 saturated carbocycles. The molecule has 3 rings (SSSR count). The van der Waals surface area contributed by atoms with Gasteiger partial charge in [0.05, 0.1) is 4.90 Å². The fraction of sp³-hybridized carbons (Fsp3) is 0.350. The van der Waals surface area contributed by atoms with Crippen LogP contribution in [-0.2, 0) is 10.0 Å². The van der Waals surface area contributed by atoms with Crippen LogP contribution in [0.4, 0.5) is 5.69 Å². The topological polar surface area (TPSA) is 72.2 Å². The highest BCUT2D eigenvalue weighted by Crippen LogP contribution is 2.64. The summed E-state index contributed by atoms with van der Waals surface area (Å²) in [6.45, 7) is 7.56. The van der Waals surface area contributed by atoms with Crippen molar-refractivity contribution in [1.29, 1.82) is 0 Å². The zero-order valence-corrected chi connectivity index (χ0v) is 18.3. The summed E-state index contributed by atoms with van der Waals surface area (Å²) in [5, 5.41) is 8.78. The highest BCUT2D eigenvalue weighted by atomic mass is 127. The Labute approximate surface area is 166 Å². The highest BCUT2D eigenvalue weighted by Gasteiger charge is 2.57. The Morgan fingerprint density at radius 2 is 1.85 bits per heavy atom. The summed E-state index contributed by atoms with van der Waals surface area (Å²) in [6, 6.07) is 13.5. The van der Waals surface area contributed by atoms with Gasteiger partial charge in [-0.25, -0.2) is 13.6 Å². The Hall–Kier alpha value is -1.25. The van der Waals surface area contributed by atoms with Crippen LogP contribution in [0.25, 0.3) is 0 Å². The third kappa shape index (κ3) is 3.87. The van der Waals surface area contributed by atoms with E-state index in [-0.39, 0.29) is 31.0 Å². The van der Waals surface area contributed by atoms with E-state index in [9.17, 15) is 8.42 Å². The fourth-order valence-electron chi connectivity index (χ4n) is 3.78. The summed E-state index contributed by atoms with van der Waals surface area (Å²) in [5.74, 6) is 0.914. The highest BCUT2D eigenvalue weighted by molar-refractivity contribution is 14.2. The van der Waals surface area contributed by atoms with Crippen molar-refractivity contribution in [2.45, 2.75) is 31.6 Å². The summed E-state index contributed by atoms with van der Waals surface area (Å²) in [6.07, 6.45) is 0. The van der Waals surface area contributed by atoms with E-state index in [1.54, 1.807) is 12.1 Å². The van der Waals surface area contributed by atoms with Gasteiger partial charge in [0.25, 0.3) is 0 Å². The SMILES string of the molecule is C=Ic1ccc(NCC2C(c3ccc(S(N)(=O)=O)cc3)C2(C)C)c(C)c1. The average molecular weight is 484 g/mol. The summed E-state index contributed by atoms with van der Waals surface area (Å²) >= 11 is -0.125. The predicted molar refractivity (Wildman–Crippen MR) is 117 cm³/mol. The van der Waals surface area contributed by atoms with Crippen molar-refractivity contribution in [2.75, 3.05) is 11.9 Å².